The van der Waals surface area contributed by atoms with E-state index in [1.165, 1.54) is 0 Å². The zero-order valence-corrected chi connectivity index (χ0v) is 11.6. The highest BCUT2D eigenvalue weighted by atomic mass is 32.2. The minimum Gasteiger partial charge on any atom is -0.395 e. The first kappa shape index (κ1) is 15.8. The van der Waals surface area contributed by atoms with Crippen LogP contribution in [0.15, 0.2) is 23.1 Å². The number of nitro benzene ring substituents is 1. The van der Waals surface area contributed by atoms with Gasteiger partial charge in [0.05, 0.1) is 35.7 Å². The summed E-state index contributed by atoms with van der Waals surface area (Å²) in [7, 11) is -4.06. The summed E-state index contributed by atoms with van der Waals surface area (Å²) in [5.74, 6) is -1.23. The van der Waals surface area contributed by atoms with E-state index < -0.39 is 44.0 Å². The second kappa shape index (κ2) is 6.02. The molecule has 21 heavy (non-hydrogen) atoms. The quantitative estimate of drug-likeness (QED) is 0.623. The molecule has 1 fully saturated rings. The molecule has 10 heteroatoms. The molecule has 0 aromatic heterocycles. The van der Waals surface area contributed by atoms with Crippen LogP contribution >= 0.6 is 0 Å². The van der Waals surface area contributed by atoms with Gasteiger partial charge in [-0.3, -0.25) is 10.1 Å². The van der Waals surface area contributed by atoms with Crippen molar-refractivity contribution in [1.82, 2.24) is 4.31 Å². The van der Waals surface area contributed by atoms with E-state index in [9.17, 15) is 28.0 Å². The average molecular weight is 320 g/mol. The Morgan fingerprint density at radius 3 is 2.81 bits per heavy atom. The normalized spacial score (nSPS) is 20.4. The predicted molar refractivity (Wildman–Crippen MR) is 68.6 cm³/mol. The number of aliphatic hydroxyl groups excluding tert-OH is 1. The Kier molecular flexibility index (Phi) is 4.52. The monoisotopic (exact) mass is 320 g/mol. The molecule has 0 radical (unpaired) electrons. The van der Waals surface area contributed by atoms with Crippen LogP contribution in [0.1, 0.15) is 0 Å². The molecule has 1 aromatic rings. The van der Waals surface area contributed by atoms with Crippen molar-refractivity contribution in [2.45, 2.75) is 10.9 Å². The smallest absolute Gasteiger partial charge is 0.304 e. The van der Waals surface area contributed by atoms with E-state index >= 15 is 0 Å². The molecule has 1 atom stereocenters. The van der Waals surface area contributed by atoms with Crippen molar-refractivity contribution < 1.29 is 27.6 Å². The summed E-state index contributed by atoms with van der Waals surface area (Å²) in [6.45, 7) is -0.225. The lowest BCUT2D eigenvalue weighted by Crippen LogP contribution is -2.50. The van der Waals surface area contributed by atoms with Gasteiger partial charge in [-0.15, -0.1) is 0 Å². The Morgan fingerprint density at radius 1 is 1.52 bits per heavy atom. The van der Waals surface area contributed by atoms with Gasteiger partial charge in [-0.05, 0) is 6.07 Å². The molecule has 0 spiro atoms. The highest BCUT2D eigenvalue weighted by Gasteiger charge is 2.34. The largest absolute Gasteiger partial charge is 0.395 e. The van der Waals surface area contributed by atoms with Crippen LogP contribution in [0.5, 0.6) is 0 Å². The lowest BCUT2D eigenvalue weighted by Gasteiger charge is -2.33. The molecule has 0 saturated carbocycles. The van der Waals surface area contributed by atoms with Gasteiger partial charge in [0.15, 0.2) is 0 Å². The van der Waals surface area contributed by atoms with Crippen LogP contribution in [0.3, 0.4) is 0 Å². The van der Waals surface area contributed by atoms with Gasteiger partial charge < -0.3 is 9.84 Å². The lowest BCUT2D eigenvalue weighted by molar-refractivity contribution is -0.387. The Labute approximate surface area is 119 Å². The maximum absolute atomic E-state index is 13.6. The third kappa shape index (κ3) is 3.02. The van der Waals surface area contributed by atoms with E-state index in [1.54, 1.807) is 0 Å². The number of sulfonamides is 1. The molecule has 1 heterocycles. The molecule has 1 aliphatic rings. The molecule has 1 aliphatic heterocycles. The summed E-state index contributed by atoms with van der Waals surface area (Å²) >= 11 is 0. The highest BCUT2D eigenvalue weighted by Crippen LogP contribution is 2.25. The van der Waals surface area contributed by atoms with Gasteiger partial charge in [-0.1, -0.05) is 0 Å². The number of benzene rings is 1. The van der Waals surface area contributed by atoms with Crippen LogP contribution in [0.2, 0.25) is 0 Å². The summed E-state index contributed by atoms with van der Waals surface area (Å²) in [6.07, 6.45) is 0. The standard InChI is InChI=1S/C11H13FN2O6S/c12-10-5-9(1-2-11(10)14(16)17)21(18,19)13-3-4-20-7-8(13)6-15/h1-2,5,8,15H,3-4,6-7H2. The fourth-order valence-corrected chi connectivity index (χ4v) is 3.63. The Morgan fingerprint density at radius 2 is 2.24 bits per heavy atom. The SMILES string of the molecule is O=[N+]([O-])c1ccc(S(=O)(=O)N2CCOCC2CO)cc1F. The summed E-state index contributed by atoms with van der Waals surface area (Å²) in [5, 5.41) is 19.7. The molecule has 116 valence electrons. The van der Waals surface area contributed by atoms with Gasteiger partial charge in [0.25, 0.3) is 0 Å². The molecule has 1 aromatic carbocycles. The van der Waals surface area contributed by atoms with Crippen molar-refractivity contribution in [1.29, 1.82) is 0 Å². The van der Waals surface area contributed by atoms with Gasteiger partial charge in [-0.25, -0.2) is 8.42 Å². The van der Waals surface area contributed by atoms with E-state index in [4.69, 9.17) is 4.74 Å². The van der Waals surface area contributed by atoms with E-state index in [2.05, 4.69) is 0 Å². The Balaban J connectivity index is 2.39. The minimum atomic E-state index is -4.06. The molecular weight excluding hydrogens is 307 g/mol. The third-order valence-corrected chi connectivity index (χ3v) is 5.05. The number of nitrogens with zero attached hydrogens (tertiary/aromatic N) is 2. The molecule has 0 aliphatic carbocycles. The first-order valence-corrected chi connectivity index (χ1v) is 7.46. The molecule has 2 rings (SSSR count). The number of morpholine rings is 1. The number of aliphatic hydroxyl groups is 1. The van der Waals surface area contributed by atoms with Gasteiger partial charge in [0, 0.05) is 18.7 Å². The minimum absolute atomic E-state index is 0.0200. The molecule has 8 nitrogen and oxygen atoms in total. The number of ether oxygens (including phenoxy) is 1. The van der Waals surface area contributed by atoms with Crippen molar-refractivity contribution in [3.8, 4) is 0 Å². The van der Waals surface area contributed by atoms with Crippen LogP contribution in [-0.4, -0.2) is 55.2 Å². The van der Waals surface area contributed by atoms with Gasteiger partial charge in [0.2, 0.25) is 15.8 Å². The van der Waals surface area contributed by atoms with Crippen LogP contribution in [0, 0.1) is 15.9 Å². The van der Waals surface area contributed by atoms with Crippen molar-refractivity contribution in [3.63, 3.8) is 0 Å². The van der Waals surface area contributed by atoms with Crippen LogP contribution < -0.4 is 0 Å². The van der Waals surface area contributed by atoms with Crippen LogP contribution in [0.25, 0.3) is 0 Å². The fourth-order valence-electron chi connectivity index (χ4n) is 2.03. The lowest BCUT2D eigenvalue weighted by atomic mass is 10.3. The maximum atomic E-state index is 13.6. The van der Waals surface area contributed by atoms with E-state index in [-0.39, 0.29) is 19.8 Å². The zero-order chi connectivity index (χ0) is 15.6. The molecule has 1 saturated heterocycles. The molecule has 1 N–H and O–H groups in total. The first-order chi connectivity index (χ1) is 9.87. The zero-order valence-electron chi connectivity index (χ0n) is 10.8. The second-order valence-corrected chi connectivity index (χ2v) is 6.29. The second-order valence-electron chi connectivity index (χ2n) is 4.40. The first-order valence-electron chi connectivity index (χ1n) is 6.02. The van der Waals surface area contributed by atoms with E-state index in [1.807, 2.05) is 0 Å². The molecule has 1 unspecified atom stereocenters. The summed E-state index contributed by atoms with van der Waals surface area (Å²) in [5.41, 5.74) is -0.797. The number of nitro groups is 1. The number of hydrogen-bond donors (Lipinski definition) is 1. The van der Waals surface area contributed by atoms with Gasteiger partial charge in [-0.2, -0.15) is 8.70 Å². The van der Waals surface area contributed by atoms with Crippen LogP contribution in [-0.2, 0) is 14.8 Å². The molecule has 0 bridgehead atoms. The summed E-state index contributed by atoms with van der Waals surface area (Å²) in [4.78, 5) is 9.21. The van der Waals surface area contributed by atoms with E-state index in [0.29, 0.717) is 6.07 Å². The topological polar surface area (TPSA) is 110 Å². The van der Waals surface area contributed by atoms with Crippen LogP contribution in [0.4, 0.5) is 10.1 Å². The Hall–Kier alpha value is -1.62. The number of hydrogen-bond acceptors (Lipinski definition) is 6. The fraction of sp³-hybridized carbons (Fsp3) is 0.455. The van der Waals surface area contributed by atoms with Gasteiger partial charge >= 0.3 is 5.69 Å². The van der Waals surface area contributed by atoms with E-state index in [0.717, 1.165) is 16.4 Å². The van der Waals surface area contributed by atoms with Crippen molar-refractivity contribution in [2.75, 3.05) is 26.4 Å². The van der Waals surface area contributed by atoms with Crippen molar-refractivity contribution in [3.05, 3.63) is 34.1 Å². The predicted octanol–water partition coefficient (Wildman–Crippen LogP) is 0.116. The summed E-state index contributed by atoms with van der Waals surface area (Å²) < 4.78 is 44.5. The maximum Gasteiger partial charge on any atom is 0.304 e. The average Bonchev–Trinajstić information content (AvgIpc) is 2.46. The molecular formula is C11H13FN2O6S. The summed E-state index contributed by atoms with van der Waals surface area (Å²) in [6, 6.07) is 1.62. The molecule has 0 amide bonds. The third-order valence-electron chi connectivity index (χ3n) is 3.11. The Bertz CT molecular complexity index is 650. The number of halogens is 1. The number of rotatable bonds is 4. The van der Waals surface area contributed by atoms with Crippen molar-refractivity contribution in [2.24, 2.45) is 0 Å². The van der Waals surface area contributed by atoms with Crippen molar-refractivity contribution >= 4 is 15.7 Å². The van der Waals surface area contributed by atoms with Gasteiger partial charge in [0.1, 0.15) is 0 Å². The highest BCUT2D eigenvalue weighted by molar-refractivity contribution is 7.89.